The van der Waals surface area contributed by atoms with Crippen molar-refractivity contribution in [3.05, 3.63) is 91.8 Å². The number of ether oxygens (including phenoxy) is 1. The Kier molecular flexibility index (Phi) is 4.16. The van der Waals surface area contributed by atoms with Crippen LogP contribution in [0.15, 0.2) is 68.6 Å². The second-order valence-electron chi connectivity index (χ2n) is 7.06. The Hall–Kier alpha value is -3.13. The van der Waals surface area contributed by atoms with Gasteiger partial charge in [-0.3, -0.25) is 10.1 Å². The predicted molar refractivity (Wildman–Crippen MR) is 110 cm³/mol. The zero-order chi connectivity index (χ0) is 20.1. The lowest BCUT2D eigenvalue weighted by Gasteiger charge is -2.38. The van der Waals surface area contributed by atoms with E-state index in [-0.39, 0.29) is 11.7 Å². The highest BCUT2D eigenvalue weighted by Crippen LogP contribution is 2.48. The smallest absolute Gasteiger partial charge is 0.269 e. The van der Waals surface area contributed by atoms with Crippen LogP contribution >= 0.6 is 15.9 Å². The maximum atomic E-state index is 11.2. The zero-order valence-electron chi connectivity index (χ0n) is 15.4. The van der Waals surface area contributed by atoms with Gasteiger partial charge in [-0.2, -0.15) is 5.10 Å². The van der Waals surface area contributed by atoms with E-state index in [2.05, 4.69) is 15.9 Å². The summed E-state index contributed by atoms with van der Waals surface area (Å²) < 4.78 is 13.0. The largest absolute Gasteiger partial charge is 0.464 e. The summed E-state index contributed by atoms with van der Waals surface area (Å²) >= 11 is 3.53. The minimum absolute atomic E-state index is 0.0225. The maximum absolute atomic E-state index is 11.2. The second kappa shape index (κ2) is 6.73. The molecule has 0 N–H and O–H groups in total. The highest BCUT2D eigenvalue weighted by atomic mass is 79.9. The van der Waals surface area contributed by atoms with E-state index in [4.69, 9.17) is 14.3 Å². The van der Waals surface area contributed by atoms with Crippen LogP contribution in [0.5, 0.6) is 5.75 Å². The number of nitrogens with zero attached hydrogens (tertiary/aromatic N) is 3. The fourth-order valence-electron chi connectivity index (χ4n) is 3.81. The number of fused-ring (bicyclic) bond motifs is 3. The average molecular weight is 454 g/mol. The molecule has 3 heterocycles. The monoisotopic (exact) mass is 453 g/mol. The van der Waals surface area contributed by atoms with Gasteiger partial charge in [-0.1, -0.05) is 28.1 Å². The molecule has 0 saturated heterocycles. The van der Waals surface area contributed by atoms with E-state index in [1.165, 1.54) is 12.1 Å². The van der Waals surface area contributed by atoms with Gasteiger partial charge in [-0.15, -0.1) is 0 Å². The minimum atomic E-state index is -0.567. The van der Waals surface area contributed by atoms with Crippen LogP contribution in [0.2, 0.25) is 0 Å². The first-order chi connectivity index (χ1) is 14.0. The molecule has 2 aliphatic heterocycles. The van der Waals surface area contributed by atoms with E-state index in [9.17, 15) is 10.1 Å². The van der Waals surface area contributed by atoms with Crippen LogP contribution in [0, 0.1) is 17.0 Å². The Morgan fingerprint density at radius 3 is 2.83 bits per heavy atom. The van der Waals surface area contributed by atoms with Gasteiger partial charge in [0.05, 0.1) is 11.0 Å². The fraction of sp³-hybridized carbons (Fsp3) is 0.190. The van der Waals surface area contributed by atoms with Crippen molar-refractivity contribution in [1.29, 1.82) is 0 Å². The van der Waals surface area contributed by atoms with E-state index in [0.717, 1.165) is 33.0 Å². The molecule has 29 heavy (non-hydrogen) atoms. The molecule has 0 amide bonds. The van der Waals surface area contributed by atoms with E-state index >= 15 is 0 Å². The Morgan fingerprint density at radius 1 is 1.21 bits per heavy atom. The van der Waals surface area contributed by atoms with Crippen molar-refractivity contribution in [2.45, 2.75) is 25.6 Å². The molecule has 2 aromatic carbocycles. The van der Waals surface area contributed by atoms with Crippen molar-refractivity contribution in [3.8, 4) is 5.75 Å². The molecule has 5 rings (SSSR count). The van der Waals surface area contributed by atoms with Gasteiger partial charge in [0, 0.05) is 34.2 Å². The number of hydrogen-bond acceptors (Lipinski definition) is 6. The van der Waals surface area contributed by atoms with E-state index in [1.807, 2.05) is 48.3 Å². The summed E-state index contributed by atoms with van der Waals surface area (Å²) in [6.45, 7) is 1.90. The summed E-state index contributed by atoms with van der Waals surface area (Å²) in [5.74, 6) is 2.30. The summed E-state index contributed by atoms with van der Waals surface area (Å²) in [6.07, 6.45) is 0.0905. The topological polar surface area (TPSA) is 81.1 Å². The van der Waals surface area contributed by atoms with Crippen molar-refractivity contribution in [2.75, 3.05) is 0 Å². The lowest BCUT2D eigenvalue weighted by atomic mass is 9.97. The predicted octanol–water partition coefficient (Wildman–Crippen LogP) is 5.50. The SMILES string of the molecule is Cc1ccc(C2=NN3[C@@H](C2)c2cc(Br)ccc2O[C@H]3c2cccc([N+](=O)[O-])c2)o1. The maximum Gasteiger partial charge on any atom is 0.269 e. The number of benzene rings is 2. The molecule has 2 aliphatic rings. The van der Waals surface area contributed by atoms with E-state index in [0.29, 0.717) is 12.0 Å². The van der Waals surface area contributed by atoms with Crippen LogP contribution in [-0.2, 0) is 0 Å². The minimum Gasteiger partial charge on any atom is -0.464 e. The molecular weight excluding hydrogens is 438 g/mol. The van der Waals surface area contributed by atoms with Crippen molar-refractivity contribution < 1.29 is 14.1 Å². The first-order valence-corrected chi connectivity index (χ1v) is 9.92. The second-order valence-corrected chi connectivity index (χ2v) is 7.98. The summed E-state index contributed by atoms with van der Waals surface area (Å²) in [7, 11) is 0. The molecule has 2 atom stereocenters. The van der Waals surface area contributed by atoms with Crippen molar-refractivity contribution in [1.82, 2.24) is 5.01 Å². The van der Waals surface area contributed by atoms with Crippen LogP contribution in [0.1, 0.15) is 41.3 Å². The van der Waals surface area contributed by atoms with Crippen molar-refractivity contribution in [3.63, 3.8) is 0 Å². The van der Waals surface area contributed by atoms with Crippen molar-refractivity contribution in [2.24, 2.45) is 5.10 Å². The quantitative estimate of drug-likeness (QED) is 0.386. The van der Waals surface area contributed by atoms with Gasteiger partial charge >= 0.3 is 0 Å². The van der Waals surface area contributed by atoms with Gasteiger partial charge in [0.25, 0.3) is 5.69 Å². The molecule has 146 valence electrons. The fourth-order valence-corrected chi connectivity index (χ4v) is 4.19. The summed E-state index contributed by atoms with van der Waals surface area (Å²) in [6, 6.07) is 16.1. The molecule has 0 unspecified atom stereocenters. The molecule has 0 radical (unpaired) electrons. The number of hydrogen-bond donors (Lipinski definition) is 0. The van der Waals surface area contributed by atoms with Crippen LogP contribution in [0.25, 0.3) is 0 Å². The lowest BCUT2D eigenvalue weighted by Crippen LogP contribution is -2.33. The van der Waals surface area contributed by atoms with Crippen molar-refractivity contribution >= 4 is 27.3 Å². The average Bonchev–Trinajstić information content (AvgIpc) is 3.34. The number of furan rings is 1. The third-order valence-corrected chi connectivity index (χ3v) is 5.64. The summed E-state index contributed by atoms with van der Waals surface area (Å²) in [5.41, 5.74) is 2.55. The number of nitro groups is 1. The first-order valence-electron chi connectivity index (χ1n) is 9.13. The van der Waals surface area contributed by atoms with Gasteiger partial charge in [-0.25, -0.2) is 5.01 Å². The Labute approximate surface area is 174 Å². The highest BCUT2D eigenvalue weighted by molar-refractivity contribution is 9.10. The molecule has 0 bridgehead atoms. The molecule has 0 aliphatic carbocycles. The Balaban J connectivity index is 1.61. The molecule has 8 heteroatoms. The van der Waals surface area contributed by atoms with E-state index < -0.39 is 11.2 Å². The number of halogens is 1. The van der Waals surface area contributed by atoms with Crippen LogP contribution < -0.4 is 4.74 Å². The number of non-ortho nitro benzene ring substituents is 1. The summed E-state index contributed by atoms with van der Waals surface area (Å²) in [4.78, 5) is 10.8. The Bertz CT molecular complexity index is 1160. The molecule has 0 saturated carbocycles. The molecule has 0 spiro atoms. The van der Waals surface area contributed by atoms with Gasteiger partial charge < -0.3 is 9.15 Å². The third-order valence-electron chi connectivity index (χ3n) is 5.14. The lowest BCUT2D eigenvalue weighted by molar-refractivity contribution is -0.385. The van der Waals surface area contributed by atoms with Gasteiger partial charge in [-0.05, 0) is 37.3 Å². The molecule has 7 nitrogen and oxygen atoms in total. The van der Waals surface area contributed by atoms with Crippen LogP contribution in [0.3, 0.4) is 0 Å². The van der Waals surface area contributed by atoms with E-state index in [1.54, 1.807) is 6.07 Å². The third kappa shape index (κ3) is 3.09. The number of rotatable bonds is 3. The standard InChI is InChI=1S/C21H16BrN3O4/c1-12-5-7-20(28-12)17-11-18-16-10-14(22)6-8-19(16)29-21(24(18)23-17)13-3-2-4-15(9-13)25(26)27/h2-10,18,21H,11H2,1H3/t18-,21-/m0/s1. The van der Waals surface area contributed by atoms with Gasteiger partial charge in [0.15, 0.2) is 0 Å². The number of aryl methyl sites for hydroxylation is 1. The number of hydrazone groups is 1. The molecule has 1 aromatic heterocycles. The van der Waals surface area contributed by atoms with Gasteiger partial charge in [0.2, 0.25) is 6.23 Å². The molecule has 3 aromatic rings. The number of nitro benzene ring substituents is 1. The normalized spacial score (nSPS) is 19.9. The first kappa shape index (κ1) is 17.9. The highest BCUT2D eigenvalue weighted by Gasteiger charge is 2.42. The zero-order valence-corrected chi connectivity index (χ0v) is 17.0. The Morgan fingerprint density at radius 2 is 2.07 bits per heavy atom. The molecule has 0 fully saturated rings. The molecular formula is C21H16BrN3O4. The van der Waals surface area contributed by atoms with Gasteiger partial charge in [0.1, 0.15) is 23.0 Å². The summed E-state index contributed by atoms with van der Waals surface area (Å²) in [5, 5.41) is 17.9. The van der Waals surface area contributed by atoms with Crippen LogP contribution in [-0.4, -0.2) is 15.6 Å². The van der Waals surface area contributed by atoms with Crippen LogP contribution in [0.4, 0.5) is 5.69 Å².